The third-order valence-electron chi connectivity index (χ3n) is 5.93. The quantitative estimate of drug-likeness (QED) is 0.818. The molecule has 0 bridgehead atoms. The van der Waals surface area contributed by atoms with Crippen LogP contribution in [0.1, 0.15) is 52.9 Å². The number of nitrogens with zero attached hydrogens (tertiary/aromatic N) is 1. The lowest BCUT2D eigenvalue weighted by molar-refractivity contribution is -0.179. The van der Waals surface area contributed by atoms with Gasteiger partial charge in [0.05, 0.1) is 6.10 Å². The molecule has 0 aromatic carbocycles. The molecule has 4 nitrogen and oxygen atoms in total. The Hall–Kier alpha value is -0.610. The van der Waals surface area contributed by atoms with E-state index >= 15 is 0 Å². The number of carbonyl (C=O) groups is 1. The van der Waals surface area contributed by atoms with Crippen molar-refractivity contribution in [2.75, 3.05) is 26.7 Å². The lowest BCUT2D eigenvalue weighted by Gasteiger charge is -2.58. The van der Waals surface area contributed by atoms with Crippen LogP contribution in [0.15, 0.2) is 0 Å². The minimum atomic E-state index is 0.160. The van der Waals surface area contributed by atoms with Gasteiger partial charge in [-0.15, -0.1) is 0 Å². The van der Waals surface area contributed by atoms with E-state index in [2.05, 4.69) is 31.0 Å². The zero-order chi connectivity index (χ0) is 15.5. The fraction of sp³-hybridized carbons (Fsp3) is 0.941. The van der Waals surface area contributed by atoms with E-state index in [1.54, 1.807) is 0 Å². The first kappa shape index (κ1) is 16.8. The summed E-state index contributed by atoms with van der Waals surface area (Å²) >= 11 is 0. The van der Waals surface area contributed by atoms with Crippen LogP contribution in [0, 0.1) is 11.3 Å². The maximum atomic E-state index is 12.8. The first-order valence-electron chi connectivity index (χ1n) is 8.69. The van der Waals surface area contributed by atoms with Gasteiger partial charge < -0.3 is 15.0 Å². The summed E-state index contributed by atoms with van der Waals surface area (Å²) in [5.41, 5.74) is 0.160. The van der Waals surface area contributed by atoms with E-state index in [0.29, 0.717) is 18.1 Å². The molecule has 1 saturated carbocycles. The molecule has 2 atom stereocenters. The van der Waals surface area contributed by atoms with Gasteiger partial charge in [-0.3, -0.25) is 4.79 Å². The third-order valence-corrected chi connectivity index (χ3v) is 5.93. The molecule has 1 heterocycles. The van der Waals surface area contributed by atoms with Crippen molar-refractivity contribution in [3.05, 3.63) is 0 Å². The zero-order valence-electron chi connectivity index (χ0n) is 14.2. The molecule has 122 valence electrons. The van der Waals surface area contributed by atoms with Crippen molar-refractivity contribution >= 4 is 5.91 Å². The summed E-state index contributed by atoms with van der Waals surface area (Å²) in [6, 6.07) is 0.353. The van der Waals surface area contributed by atoms with Crippen LogP contribution in [0.4, 0.5) is 0 Å². The summed E-state index contributed by atoms with van der Waals surface area (Å²) in [6.07, 6.45) is 5.46. The number of hydrogen-bond acceptors (Lipinski definition) is 3. The molecule has 0 aromatic rings. The van der Waals surface area contributed by atoms with E-state index in [1.165, 1.54) is 0 Å². The Balaban J connectivity index is 2.04. The number of ether oxygens (including phenoxy) is 1. The molecule has 2 unspecified atom stereocenters. The van der Waals surface area contributed by atoms with Gasteiger partial charge in [-0.2, -0.15) is 0 Å². The molecule has 0 spiro atoms. The van der Waals surface area contributed by atoms with Crippen LogP contribution in [-0.2, 0) is 9.53 Å². The topological polar surface area (TPSA) is 41.6 Å². The fourth-order valence-electron chi connectivity index (χ4n) is 4.39. The minimum absolute atomic E-state index is 0.160. The van der Waals surface area contributed by atoms with Gasteiger partial charge in [0.25, 0.3) is 0 Å². The number of nitrogens with one attached hydrogen (secondary N) is 1. The predicted molar refractivity (Wildman–Crippen MR) is 85.2 cm³/mol. The van der Waals surface area contributed by atoms with Gasteiger partial charge in [-0.1, -0.05) is 13.8 Å². The summed E-state index contributed by atoms with van der Waals surface area (Å²) in [6.45, 7) is 9.26. The Kier molecular flexibility index (Phi) is 5.67. The minimum Gasteiger partial charge on any atom is -0.378 e. The summed E-state index contributed by atoms with van der Waals surface area (Å²) in [5, 5.41) is 3.34. The molecule has 1 aliphatic carbocycles. The molecular weight excluding hydrogens is 264 g/mol. The average Bonchev–Trinajstić information content (AvgIpc) is 2.52. The average molecular weight is 296 g/mol. The Morgan fingerprint density at radius 2 is 1.86 bits per heavy atom. The van der Waals surface area contributed by atoms with E-state index in [-0.39, 0.29) is 11.3 Å². The molecule has 2 fully saturated rings. The van der Waals surface area contributed by atoms with Crippen molar-refractivity contribution in [3.63, 3.8) is 0 Å². The molecule has 1 saturated heterocycles. The van der Waals surface area contributed by atoms with E-state index in [4.69, 9.17) is 4.74 Å². The Labute approximate surface area is 129 Å². The Morgan fingerprint density at radius 1 is 1.24 bits per heavy atom. The van der Waals surface area contributed by atoms with Gasteiger partial charge >= 0.3 is 0 Å². The maximum absolute atomic E-state index is 12.8. The van der Waals surface area contributed by atoms with Gasteiger partial charge in [0.1, 0.15) is 0 Å². The van der Waals surface area contributed by atoms with Crippen LogP contribution in [0.25, 0.3) is 0 Å². The Bertz CT molecular complexity index is 349. The monoisotopic (exact) mass is 296 g/mol. The van der Waals surface area contributed by atoms with Crippen LogP contribution in [0.5, 0.6) is 0 Å². The van der Waals surface area contributed by atoms with Crippen LogP contribution in [0.3, 0.4) is 0 Å². The molecule has 4 heteroatoms. The smallest absolute Gasteiger partial charge is 0.225 e. The van der Waals surface area contributed by atoms with E-state index in [9.17, 15) is 4.79 Å². The zero-order valence-corrected chi connectivity index (χ0v) is 14.2. The molecule has 21 heavy (non-hydrogen) atoms. The molecule has 1 N–H and O–H groups in total. The summed E-state index contributed by atoms with van der Waals surface area (Å²) < 4.78 is 5.93. The number of rotatable bonds is 6. The highest BCUT2D eigenvalue weighted by Gasteiger charge is 2.56. The third kappa shape index (κ3) is 2.98. The standard InChI is InChI=1S/C17H32N2O2/c1-5-17(6-2)14(12-15(17)21-7-3)19(4)16(20)13-8-10-18-11-9-13/h13-15,18H,5-12H2,1-4H3. The van der Waals surface area contributed by atoms with Gasteiger partial charge in [0.15, 0.2) is 0 Å². The second-order valence-corrected chi connectivity index (χ2v) is 6.61. The normalized spacial score (nSPS) is 29.0. The molecular formula is C17H32N2O2. The van der Waals surface area contributed by atoms with E-state index in [1.807, 2.05) is 7.05 Å². The van der Waals surface area contributed by atoms with Crippen molar-refractivity contribution in [1.82, 2.24) is 10.2 Å². The van der Waals surface area contributed by atoms with E-state index in [0.717, 1.165) is 51.8 Å². The molecule has 0 aromatic heterocycles. The van der Waals surface area contributed by atoms with Crippen LogP contribution >= 0.6 is 0 Å². The number of hydrogen-bond donors (Lipinski definition) is 1. The predicted octanol–water partition coefficient (Wildman–Crippen LogP) is 2.43. The second kappa shape index (κ2) is 7.10. The van der Waals surface area contributed by atoms with Crippen molar-refractivity contribution in [3.8, 4) is 0 Å². The van der Waals surface area contributed by atoms with Crippen LogP contribution in [-0.4, -0.2) is 49.7 Å². The highest BCUT2D eigenvalue weighted by molar-refractivity contribution is 5.79. The molecule has 2 aliphatic rings. The molecule has 2 rings (SSSR count). The van der Waals surface area contributed by atoms with Gasteiger partial charge in [0.2, 0.25) is 5.91 Å². The summed E-state index contributed by atoms with van der Waals surface area (Å²) in [7, 11) is 2.01. The fourth-order valence-corrected chi connectivity index (χ4v) is 4.39. The SMILES string of the molecule is CCOC1CC(N(C)C(=O)C2CCNCC2)C1(CC)CC. The van der Waals surface area contributed by atoms with Gasteiger partial charge in [-0.05, 0) is 52.1 Å². The lowest BCUT2D eigenvalue weighted by atomic mass is 9.58. The first-order valence-corrected chi connectivity index (χ1v) is 8.69. The van der Waals surface area contributed by atoms with Crippen molar-refractivity contribution in [1.29, 1.82) is 0 Å². The first-order chi connectivity index (χ1) is 10.1. The highest BCUT2D eigenvalue weighted by Crippen LogP contribution is 2.51. The highest BCUT2D eigenvalue weighted by atomic mass is 16.5. The van der Waals surface area contributed by atoms with Crippen molar-refractivity contribution < 1.29 is 9.53 Å². The van der Waals surface area contributed by atoms with Gasteiger partial charge in [0, 0.05) is 31.0 Å². The van der Waals surface area contributed by atoms with Crippen LogP contribution < -0.4 is 5.32 Å². The largest absolute Gasteiger partial charge is 0.378 e. The van der Waals surface area contributed by atoms with Crippen molar-refractivity contribution in [2.24, 2.45) is 11.3 Å². The number of amides is 1. The summed E-state index contributed by atoms with van der Waals surface area (Å²) in [4.78, 5) is 14.8. The number of piperidine rings is 1. The Morgan fingerprint density at radius 3 is 2.38 bits per heavy atom. The summed E-state index contributed by atoms with van der Waals surface area (Å²) in [5.74, 6) is 0.566. The molecule has 0 radical (unpaired) electrons. The molecule has 1 amide bonds. The molecule has 1 aliphatic heterocycles. The van der Waals surface area contributed by atoms with E-state index < -0.39 is 0 Å². The maximum Gasteiger partial charge on any atom is 0.225 e. The van der Waals surface area contributed by atoms with Crippen molar-refractivity contribution in [2.45, 2.75) is 65.0 Å². The van der Waals surface area contributed by atoms with Crippen LogP contribution in [0.2, 0.25) is 0 Å². The van der Waals surface area contributed by atoms with Gasteiger partial charge in [-0.25, -0.2) is 0 Å². The number of carbonyl (C=O) groups excluding carboxylic acids is 1. The second-order valence-electron chi connectivity index (χ2n) is 6.61. The lowest BCUT2D eigenvalue weighted by Crippen LogP contribution is -2.65.